The standard InChI is InChI=1S/C13H12N2S/c1-8-5-6-14-13-10(8)7-11(15-13)12-4-3-9(2)16-12/h3-7H,1-2H3,(H,14,15). The van der Waals surface area contributed by atoms with Crippen molar-refractivity contribution in [3.05, 3.63) is 40.9 Å². The maximum atomic E-state index is 4.34. The largest absolute Gasteiger partial charge is 0.339 e. The second kappa shape index (κ2) is 3.46. The van der Waals surface area contributed by atoms with Crippen molar-refractivity contribution in [3.63, 3.8) is 0 Å². The Morgan fingerprint density at radius 3 is 2.75 bits per heavy atom. The summed E-state index contributed by atoms with van der Waals surface area (Å²) >= 11 is 1.80. The van der Waals surface area contributed by atoms with E-state index >= 15 is 0 Å². The van der Waals surface area contributed by atoms with Crippen LogP contribution in [0.4, 0.5) is 0 Å². The molecule has 3 rings (SSSR count). The quantitative estimate of drug-likeness (QED) is 0.672. The van der Waals surface area contributed by atoms with Crippen LogP contribution in [0, 0.1) is 13.8 Å². The van der Waals surface area contributed by atoms with Crippen molar-refractivity contribution in [2.45, 2.75) is 13.8 Å². The molecule has 0 saturated carbocycles. The number of aromatic nitrogens is 2. The lowest BCUT2D eigenvalue weighted by Crippen LogP contribution is -1.77. The van der Waals surface area contributed by atoms with Gasteiger partial charge >= 0.3 is 0 Å². The zero-order valence-electron chi connectivity index (χ0n) is 9.24. The lowest BCUT2D eigenvalue weighted by Gasteiger charge is -1.91. The molecule has 3 aromatic rings. The van der Waals surface area contributed by atoms with Crippen LogP contribution in [-0.4, -0.2) is 9.97 Å². The second-order valence-corrected chi connectivity index (χ2v) is 5.27. The third-order valence-corrected chi connectivity index (χ3v) is 3.79. The minimum atomic E-state index is 0.973. The average Bonchev–Trinajstić information content (AvgIpc) is 2.84. The van der Waals surface area contributed by atoms with E-state index in [1.165, 1.54) is 20.7 Å². The number of hydrogen-bond acceptors (Lipinski definition) is 2. The number of hydrogen-bond donors (Lipinski definition) is 1. The molecule has 0 bridgehead atoms. The van der Waals surface area contributed by atoms with E-state index in [4.69, 9.17) is 0 Å². The number of nitrogens with zero attached hydrogens (tertiary/aromatic N) is 1. The number of pyridine rings is 1. The Morgan fingerprint density at radius 1 is 1.19 bits per heavy atom. The number of fused-ring (bicyclic) bond motifs is 1. The molecule has 3 heteroatoms. The Labute approximate surface area is 98.0 Å². The van der Waals surface area contributed by atoms with Gasteiger partial charge in [0.1, 0.15) is 5.65 Å². The van der Waals surface area contributed by atoms with Gasteiger partial charge in [-0.3, -0.25) is 0 Å². The molecule has 0 aliphatic heterocycles. The fourth-order valence-electron chi connectivity index (χ4n) is 1.87. The van der Waals surface area contributed by atoms with Gasteiger partial charge in [-0.15, -0.1) is 11.3 Å². The van der Waals surface area contributed by atoms with Crippen LogP contribution in [0.1, 0.15) is 10.4 Å². The van der Waals surface area contributed by atoms with Crippen LogP contribution >= 0.6 is 11.3 Å². The number of nitrogens with one attached hydrogen (secondary N) is 1. The van der Waals surface area contributed by atoms with E-state index in [0.717, 1.165) is 11.3 Å². The normalized spacial score (nSPS) is 11.1. The van der Waals surface area contributed by atoms with E-state index in [1.54, 1.807) is 11.3 Å². The van der Waals surface area contributed by atoms with Gasteiger partial charge in [-0.2, -0.15) is 0 Å². The number of thiophene rings is 1. The Morgan fingerprint density at radius 2 is 2.06 bits per heavy atom. The van der Waals surface area contributed by atoms with Crippen LogP contribution in [0.3, 0.4) is 0 Å². The van der Waals surface area contributed by atoms with Crippen LogP contribution in [0.15, 0.2) is 30.5 Å². The minimum absolute atomic E-state index is 0.973. The summed E-state index contributed by atoms with van der Waals surface area (Å²) in [7, 11) is 0. The fraction of sp³-hybridized carbons (Fsp3) is 0.154. The minimum Gasteiger partial charge on any atom is -0.339 e. The molecule has 3 heterocycles. The van der Waals surface area contributed by atoms with Crippen molar-refractivity contribution >= 4 is 22.4 Å². The highest BCUT2D eigenvalue weighted by Gasteiger charge is 2.07. The number of H-pyrrole nitrogens is 1. The average molecular weight is 228 g/mol. The van der Waals surface area contributed by atoms with Gasteiger partial charge in [0.15, 0.2) is 0 Å². The van der Waals surface area contributed by atoms with Gasteiger partial charge < -0.3 is 4.98 Å². The van der Waals surface area contributed by atoms with Gasteiger partial charge in [0.2, 0.25) is 0 Å². The number of aromatic amines is 1. The summed E-state index contributed by atoms with van der Waals surface area (Å²) < 4.78 is 0. The van der Waals surface area contributed by atoms with Crippen molar-refractivity contribution in [2.24, 2.45) is 0 Å². The lowest BCUT2D eigenvalue weighted by molar-refractivity contribution is 1.31. The molecule has 1 N–H and O–H groups in total. The first-order valence-corrected chi connectivity index (χ1v) is 6.07. The monoisotopic (exact) mass is 228 g/mol. The first-order valence-electron chi connectivity index (χ1n) is 5.25. The molecule has 0 aliphatic rings. The van der Waals surface area contributed by atoms with Crippen molar-refractivity contribution in [1.29, 1.82) is 0 Å². The van der Waals surface area contributed by atoms with Crippen LogP contribution in [0.2, 0.25) is 0 Å². The highest BCUT2D eigenvalue weighted by Crippen LogP contribution is 2.29. The van der Waals surface area contributed by atoms with Gasteiger partial charge in [0.05, 0.1) is 10.6 Å². The maximum Gasteiger partial charge on any atom is 0.137 e. The Kier molecular flexibility index (Phi) is 2.07. The molecule has 0 fully saturated rings. The van der Waals surface area contributed by atoms with Crippen molar-refractivity contribution in [3.8, 4) is 10.6 Å². The van der Waals surface area contributed by atoms with E-state index in [2.05, 4.69) is 42.0 Å². The Hall–Kier alpha value is -1.61. The van der Waals surface area contributed by atoms with Gasteiger partial charge in [0.25, 0.3) is 0 Å². The van der Waals surface area contributed by atoms with Crippen LogP contribution in [0.25, 0.3) is 21.6 Å². The molecule has 0 unspecified atom stereocenters. The smallest absolute Gasteiger partial charge is 0.137 e. The predicted octanol–water partition coefficient (Wildman–Crippen LogP) is 3.91. The van der Waals surface area contributed by atoms with Gasteiger partial charge in [-0.05, 0) is 43.7 Å². The van der Waals surface area contributed by atoms with E-state index in [-0.39, 0.29) is 0 Å². The third-order valence-electron chi connectivity index (χ3n) is 2.76. The molecular weight excluding hydrogens is 216 g/mol. The Balaban J connectivity index is 2.22. The summed E-state index contributed by atoms with van der Waals surface area (Å²) in [4.78, 5) is 10.3. The molecule has 0 aliphatic carbocycles. The van der Waals surface area contributed by atoms with Crippen molar-refractivity contribution < 1.29 is 0 Å². The molecule has 0 spiro atoms. The van der Waals surface area contributed by atoms with Crippen LogP contribution < -0.4 is 0 Å². The summed E-state index contributed by atoms with van der Waals surface area (Å²) in [5, 5.41) is 1.21. The van der Waals surface area contributed by atoms with Crippen LogP contribution in [-0.2, 0) is 0 Å². The molecule has 0 atom stereocenters. The third kappa shape index (κ3) is 1.44. The highest BCUT2D eigenvalue weighted by molar-refractivity contribution is 7.15. The molecular formula is C13H12N2S. The fourth-order valence-corrected chi connectivity index (χ4v) is 2.71. The van der Waals surface area contributed by atoms with E-state index in [1.807, 2.05) is 12.3 Å². The zero-order valence-corrected chi connectivity index (χ0v) is 10.1. The summed E-state index contributed by atoms with van der Waals surface area (Å²) in [5.74, 6) is 0. The number of rotatable bonds is 1. The van der Waals surface area contributed by atoms with Gasteiger partial charge in [-0.25, -0.2) is 4.98 Å². The molecule has 0 saturated heterocycles. The predicted molar refractivity (Wildman–Crippen MR) is 68.9 cm³/mol. The molecule has 0 amide bonds. The maximum absolute atomic E-state index is 4.34. The molecule has 0 aromatic carbocycles. The zero-order chi connectivity index (χ0) is 11.1. The summed E-state index contributed by atoms with van der Waals surface area (Å²) in [6.07, 6.45) is 1.84. The molecule has 3 aromatic heterocycles. The van der Waals surface area contributed by atoms with Crippen LogP contribution in [0.5, 0.6) is 0 Å². The second-order valence-electron chi connectivity index (χ2n) is 3.98. The number of aryl methyl sites for hydroxylation is 2. The topological polar surface area (TPSA) is 28.7 Å². The van der Waals surface area contributed by atoms with Gasteiger partial charge in [-0.1, -0.05) is 0 Å². The summed E-state index contributed by atoms with van der Waals surface area (Å²) in [5.41, 5.74) is 3.40. The summed E-state index contributed by atoms with van der Waals surface area (Å²) in [6.45, 7) is 4.24. The van der Waals surface area contributed by atoms with E-state index in [0.29, 0.717) is 0 Å². The van der Waals surface area contributed by atoms with Crippen molar-refractivity contribution in [2.75, 3.05) is 0 Å². The van der Waals surface area contributed by atoms with Gasteiger partial charge in [0, 0.05) is 16.5 Å². The molecule has 0 radical (unpaired) electrons. The Bertz CT molecular complexity index is 649. The molecule has 80 valence electrons. The first kappa shape index (κ1) is 9.60. The first-order chi connectivity index (χ1) is 7.74. The lowest BCUT2D eigenvalue weighted by atomic mass is 10.2. The molecule has 2 nitrogen and oxygen atoms in total. The SMILES string of the molecule is Cc1ccc(-c2cc3c(C)ccnc3[nH]2)s1. The highest BCUT2D eigenvalue weighted by atomic mass is 32.1. The van der Waals surface area contributed by atoms with E-state index < -0.39 is 0 Å². The molecule has 16 heavy (non-hydrogen) atoms. The van der Waals surface area contributed by atoms with Crippen molar-refractivity contribution in [1.82, 2.24) is 9.97 Å². The van der Waals surface area contributed by atoms with E-state index in [9.17, 15) is 0 Å². The summed E-state index contributed by atoms with van der Waals surface area (Å²) in [6, 6.07) is 8.52.